The van der Waals surface area contributed by atoms with Crippen LogP contribution in [0.5, 0.6) is 5.88 Å². The van der Waals surface area contributed by atoms with E-state index in [-0.39, 0.29) is 16.8 Å². The molecule has 0 radical (unpaired) electrons. The van der Waals surface area contributed by atoms with Gasteiger partial charge in [0.15, 0.2) is 5.82 Å². The van der Waals surface area contributed by atoms with Crippen molar-refractivity contribution in [3.8, 4) is 11.7 Å². The molecule has 2 saturated carbocycles. The van der Waals surface area contributed by atoms with Gasteiger partial charge in [-0.15, -0.1) is 5.10 Å². The number of carboxylic acids is 1. The lowest BCUT2D eigenvalue weighted by atomic mass is 9.98. The largest absolute Gasteiger partial charge is 0.478 e. The van der Waals surface area contributed by atoms with Gasteiger partial charge in [-0.1, -0.05) is 11.6 Å². The highest BCUT2D eigenvalue weighted by Gasteiger charge is 2.41. The van der Waals surface area contributed by atoms with Crippen LogP contribution < -0.4 is 4.74 Å². The molecule has 0 unspecified atom stereocenters. The first kappa shape index (κ1) is 14.5. The van der Waals surface area contributed by atoms with E-state index in [2.05, 4.69) is 10.1 Å². The van der Waals surface area contributed by atoms with Crippen LogP contribution in [0.3, 0.4) is 0 Å². The van der Waals surface area contributed by atoms with E-state index in [0.29, 0.717) is 17.6 Å². The summed E-state index contributed by atoms with van der Waals surface area (Å²) in [4.78, 5) is 15.0. The number of hydrogen-bond acceptors (Lipinski definition) is 4. The van der Waals surface area contributed by atoms with Crippen molar-refractivity contribution in [3.05, 3.63) is 35.1 Å². The maximum atomic E-state index is 11.0. The molecule has 0 spiro atoms. The maximum absolute atomic E-state index is 11.0. The molecule has 1 N–H and O–H groups in total. The number of pyridine rings is 1. The van der Waals surface area contributed by atoms with E-state index in [1.54, 1.807) is 23.0 Å². The average Bonchev–Trinajstić information content (AvgIpc) is 3.23. The quantitative estimate of drug-likeness (QED) is 0.869. The van der Waals surface area contributed by atoms with Gasteiger partial charge in [-0.05, 0) is 49.7 Å². The van der Waals surface area contributed by atoms with Crippen LogP contribution in [-0.4, -0.2) is 31.9 Å². The van der Waals surface area contributed by atoms with Gasteiger partial charge in [0.2, 0.25) is 5.88 Å². The number of carbonyl (C=O) groups is 1. The van der Waals surface area contributed by atoms with E-state index in [4.69, 9.17) is 21.4 Å². The molecule has 6 nitrogen and oxygen atoms in total. The Balaban J connectivity index is 1.51. The second-order valence-electron chi connectivity index (χ2n) is 6.24. The Bertz CT molecular complexity index is 761. The molecule has 7 heteroatoms. The van der Waals surface area contributed by atoms with Gasteiger partial charge in [-0.2, -0.15) is 0 Å². The highest BCUT2D eigenvalue weighted by molar-refractivity contribution is 6.32. The molecule has 2 aromatic rings. The summed E-state index contributed by atoms with van der Waals surface area (Å²) in [7, 11) is 0. The minimum absolute atomic E-state index is 0.0268. The molecular weight excluding hydrogens is 318 g/mol. The lowest BCUT2D eigenvalue weighted by molar-refractivity contribution is 0.0696. The summed E-state index contributed by atoms with van der Waals surface area (Å²) >= 11 is 5.90. The van der Waals surface area contributed by atoms with E-state index in [9.17, 15) is 4.79 Å². The van der Waals surface area contributed by atoms with Crippen LogP contribution in [-0.2, 0) is 0 Å². The Morgan fingerprint density at radius 2 is 2.17 bits per heavy atom. The maximum Gasteiger partial charge on any atom is 0.338 e. The van der Waals surface area contributed by atoms with Crippen molar-refractivity contribution in [2.75, 3.05) is 0 Å². The van der Waals surface area contributed by atoms with E-state index in [0.717, 1.165) is 12.3 Å². The van der Waals surface area contributed by atoms with Crippen LogP contribution in [0.1, 0.15) is 36.0 Å². The highest BCUT2D eigenvalue weighted by Crippen LogP contribution is 2.45. The van der Waals surface area contributed by atoms with Crippen molar-refractivity contribution in [3.63, 3.8) is 0 Å². The van der Waals surface area contributed by atoms with Gasteiger partial charge < -0.3 is 9.84 Å². The van der Waals surface area contributed by atoms with Crippen molar-refractivity contribution < 1.29 is 14.6 Å². The molecule has 120 valence electrons. The van der Waals surface area contributed by atoms with Crippen LogP contribution >= 0.6 is 11.6 Å². The average molecular weight is 334 g/mol. The minimum Gasteiger partial charge on any atom is -0.478 e. The molecule has 0 amide bonds. The number of ether oxygens (including phenoxy) is 1. The second-order valence-corrected chi connectivity index (χ2v) is 6.60. The third-order valence-electron chi connectivity index (χ3n) is 4.81. The number of halogens is 1. The van der Waals surface area contributed by atoms with Gasteiger partial charge in [0.25, 0.3) is 0 Å². The predicted molar refractivity (Wildman–Crippen MR) is 83.2 cm³/mol. The van der Waals surface area contributed by atoms with Crippen molar-refractivity contribution in [2.45, 2.75) is 31.8 Å². The monoisotopic (exact) mass is 333 g/mol. The zero-order chi connectivity index (χ0) is 16.0. The number of aromatic carboxylic acids is 1. The molecule has 0 aliphatic heterocycles. The molecule has 2 bridgehead atoms. The Hall–Kier alpha value is -2.08. The van der Waals surface area contributed by atoms with E-state index in [1.165, 1.54) is 25.3 Å². The van der Waals surface area contributed by atoms with Gasteiger partial charge in [-0.25, -0.2) is 14.5 Å². The Labute approximate surface area is 138 Å². The smallest absolute Gasteiger partial charge is 0.338 e. The topological polar surface area (TPSA) is 77.2 Å². The molecule has 2 aliphatic carbocycles. The summed E-state index contributed by atoms with van der Waals surface area (Å²) in [5, 5.41) is 13.3. The first-order chi connectivity index (χ1) is 11.1. The summed E-state index contributed by atoms with van der Waals surface area (Å²) in [6, 6.07) is 4.79. The summed E-state index contributed by atoms with van der Waals surface area (Å²) in [5.41, 5.74) is -0.0268. The number of rotatable bonds is 4. The van der Waals surface area contributed by atoms with Crippen LogP contribution in [0.2, 0.25) is 5.15 Å². The lowest BCUT2D eigenvalue weighted by Crippen LogP contribution is -2.23. The van der Waals surface area contributed by atoms with Gasteiger partial charge in [-0.3, -0.25) is 0 Å². The van der Waals surface area contributed by atoms with Crippen molar-refractivity contribution in [1.29, 1.82) is 0 Å². The highest BCUT2D eigenvalue weighted by atomic mass is 35.5. The molecule has 3 atom stereocenters. The number of hydrogen-bond donors (Lipinski definition) is 1. The first-order valence-electron chi connectivity index (χ1n) is 7.72. The number of fused-ring (bicyclic) bond motifs is 2. The molecule has 4 rings (SSSR count). The molecule has 23 heavy (non-hydrogen) atoms. The fraction of sp³-hybridized carbons (Fsp3) is 0.438. The third kappa shape index (κ3) is 2.67. The van der Waals surface area contributed by atoms with Crippen LogP contribution in [0, 0.1) is 11.8 Å². The standard InChI is InChI=1S/C16H16ClN3O3/c17-15-11(16(21)22)3-4-13(18-15)20-6-5-14(19-20)23-12-8-9-1-2-10(12)7-9/h3-6,9-10,12H,1-2,7-8H2,(H,21,22)/t9-,10+,12-/m0/s1. The summed E-state index contributed by atoms with van der Waals surface area (Å²) < 4.78 is 7.56. The van der Waals surface area contributed by atoms with Gasteiger partial charge in [0.1, 0.15) is 11.3 Å². The zero-order valence-corrected chi connectivity index (χ0v) is 13.1. The van der Waals surface area contributed by atoms with E-state index in [1.807, 2.05) is 0 Å². The van der Waals surface area contributed by atoms with Crippen molar-refractivity contribution in [2.24, 2.45) is 11.8 Å². The molecule has 2 heterocycles. The Kier molecular flexibility index (Phi) is 3.49. The number of aromatic nitrogens is 3. The fourth-order valence-electron chi connectivity index (χ4n) is 3.70. The summed E-state index contributed by atoms with van der Waals surface area (Å²) in [6.45, 7) is 0. The van der Waals surface area contributed by atoms with Crippen molar-refractivity contribution >= 4 is 17.6 Å². The van der Waals surface area contributed by atoms with Crippen LogP contribution in [0.25, 0.3) is 5.82 Å². The van der Waals surface area contributed by atoms with Gasteiger partial charge in [0, 0.05) is 12.3 Å². The van der Waals surface area contributed by atoms with E-state index >= 15 is 0 Å². The first-order valence-corrected chi connectivity index (χ1v) is 8.10. The molecule has 0 saturated heterocycles. The zero-order valence-electron chi connectivity index (χ0n) is 12.4. The predicted octanol–water partition coefficient (Wildman–Crippen LogP) is 3.19. The Morgan fingerprint density at radius 1 is 1.30 bits per heavy atom. The number of nitrogens with zero attached hydrogens (tertiary/aromatic N) is 3. The van der Waals surface area contributed by atoms with Crippen molar-refractivity contribution in [1.82, 2.24) is 14.8 Å². The summed E-state index contributed by atoms with van der Waals surface area (Å²) in [5.74, 6) is 1.41. The summed E-state index contributed by atoms with van der Waals surface area (Å²) in [6.07, 6.45) is 6.99. The fourth-order valence-corrected chi connectivity index (χ4v) is 3.93. The van der Waals surface area contributed by atoms with Crippen LogP contribution in [0.15, 0.2) is 24.4 Å². The lowest BCUT2D eigenvalue weighted by Gasteiger charge is -2.21. The van der Waals surface area contributed by atoms with Crippen LogP contribution in [0.4, 0.5) is 0 Å². The Morgan fingerprint density at radius 3 is 2.83 bits per heavy atom. The molecular formula is C16H16ClN3O3. The molecule has 2 fully saturated rings. The third-order valence-corrected chi connectivity index (χ3v) is 5.10. The number of carboxylic acid groups (broad SMARTS) is 1. The van der Waals surface area contributed by atoms with Gasteiger partial charge in [0.05, 0.1) is 5.56 Å². The van der Waals surface area contributed by atoms with E-state index < -0.39 is 5.97 Å². The molecule has 2 aliphatic rings. The van der Waals surface area contributed by atoms with Gasteiger partial charge >= 0.3 is 5.97 Å². The molecule has 0 aromatic carbocycles. The minimum atomic E-state index is -1.10. The molecule has 2 aromatic heterocycles. The second kappa shape index (κ2) is 5.53. The normalized spacial score (nSPS) is 25.7. The SMILES string of the molecule is O=C(O)c1ccc(-n2ccc(O[C@H]3C[C@H]4CC[C@@H]3C4)n2)nc1Cl.